The van der Waals surface area contributed by atoms with E-state index in [-0.39, 0.29) is 5.78 Å². The topological polar surface area (TPSA) is 60.9 Å². The lowest BCUT2D eigenvalue weighted by molar-refractivity contribution is 0.0990. The quantitative estimate of drug-likeness (QED) is 0.630. The Morgan fingerprint density at radius 2 is 2.05 bits per heavy atom. The number of Topliss-reactive ketones (excluding diaryl/α,β-unsaturated/α-hetero) is 1. The van der Waals surface area contributed by atoms with Crippen LogP contribution in [0.15, 0.2) is 27.1 Å². The zero-order chi connectivity index (χ0) is 14.9. The van der Waals surface area contributed by atoms with Crippen LogP contribution in [0.5, 0.6) is 0 Å². The molecule has 0 atom stereocenters. The van der Waals surface area contributed by atoms with Crippen molar-refractivity contribution in [3.8, 4) is 0 Å². The monoisotopic (exact) mass is 399 g/mol. The molecule has 0 bridgehead atoms. The molecule has 106 valence electrons. The van der Waals surface area contributed by atoms with Crippen LogP contribution >= 0.6 is 31.9 Å². The molecule has 0 radical (unpaired) electrons. The molecule has 2 aromatic rings. The highest BCUT2D eigenvalue weighted by atomic mass is 79.9. The standard InChI is InChI=1S/C14H15Br2N3O/c1-3-11-14(16)12(19(2)18-11)7-13(20)8-4-9(15)6-10(17)5-8/h4-6H,3,7,17H2,1-2H3. The molecule has 0 unspecified atom stereocenters. The number of halogens is 2. The van der Waals surface area contributed by atoms with Crippen LogP contribution in [-0.4, -0.2) is 15.6 Å². The van der Waals surface area contributed by atoms with Crippen molar-refractivity contribution in [2.45, 2.75) is 19.8 Å². The van der Waals surface area contributed by atoms with Gasteiger partial charge in [-0.15, -0.1) is 0 Å². The van der Waals surface area contributed by atoms with Gasteiger partial charge in [-0.25, -0.2) is 0 Å². The summed E-state index contributed by atoms with van der Waals surface area (Å²) in [7, 11) is 1.85. The normalized spacial score (nSPS) is 10.8. The van der Waals surface area contributed by atoms with Crippen LogP contribution in [-0.2, 0) is 19.9 Å². The highest BCUT2D eigenvalue weighted by Gasteiger charge is 2.17. The van der Waals surface area contributed by atoms with Crippen LogP contribution in [0, 0.1) is 0 Å². The van der Waals surface area contributed by atoms with E-state index in [1.165, 1.54) is 0 Å². The minimum absolute atomic E-state index is 0.0179. The number of carbonyl (C=O) groups is 1. The van der Waals surface area contributed by atoms with Crippen molar-refractivity contribution in [3.05, 3.63) is 44.1 Å². The van der Waals surface area contributed by atoms with Crippen molar-refractivity contribution in [1.82, 2.24) is 9.78 Å². The lowest BCUT2D eigenvalue weighted by Gasteiger charge is -2.05. The van der Waals surface area contributed by atoms with Gasteiger partial charge in [-0.1, -0.05) is 22.9 Å². The lowest BCUT2D eigenvalue weighted by atomic mass is 10.1. The molecular formula is C14H15Br2N3O. The second-order valence-corrected chi connectivity index (χ2v) is 6.27. The molecule has 20 heavy (non-hydrogen) atoms. The van der Waals surface area contributed by atoms with Crippen LogP contribution < -0.4 is 5.73 Å². The van der Waals surface area contributed by atoms with E-state index < -0.39 is 0 Å². The number of aromatic nitrogens is 2. The fourth-order valence-electron chi connectivity index (χ4n) is 2.04. The Hall–Kier alpha value is -1.14. The van der Waals surface area contributed by atoms with Gasteiger partial charge in [-0.3, -0.25) is 9.48 Å². The van der Waals surface area contributed by atoms with E-state index in [0.29, 0.717) is 17.7 Å². The smallest absolute Gasteiger partial charge is 0.168 e. The molecule has 2 rings (SSSR count). The van der Waals surface area contributed by atoms with E-state index in [9.17, 15) is 4.79 Å². The molecule has 0 spiro atoms. The largest absolute Gasteiger partial charge is 0.399 e. The second kappa shape index (κ2) is 6.10. The number of rotatable bonds is 4. The molecule has 0 saturated carbocycles. The summed E-state index contributed by atoms with van der Waals surface area (Å²) >= 11 is 6.87. The van der Waals surface area contributed by atoms with Crippen molar-refractivity contribution in [3.63, 3.8) is 0 Å². The predicted octanol–water partition coefficient (Wildman–Crippen LogP) is 3.52. The van der Waals surface area contributed by atoms with Gasteiger partial charge >= 0.3 is 0 Å². The summed E-state index contributed by atoms with van der Waals surface area (Å²) < 4.78 is 3.47. The summed E-state index contributed by atoms with van der Waals surface area (Å²) in [5, 5.41) is 4.39. The number of ketones is 1. The summed E-state index contributed by atoms with van der Waals surface area (Å²) in [6.07, 6.45) is 1.12. The van der Waals surface area contributed by atoms with Crippen LogP contribution in [0.3, 0.4) is 0 Å². The Bertz CT molecular complexity index is 644. The van der Waals surface area contributed by atoms with Crippen molar-refractivity contribution >= 4 is 43.3 Å². The fraction of sp³-hybridized carbons (Fsp3) is 0.286. The van der Waals surface area contributed by atoms with Gasteiger partial charge in [0.2, 0.25) is 0 Å². The van der Waals surface area contributed by atoms with Gasteiger partial charge in [0.05, 0.1) is 22.3 Å². The van der Waals surface area contributed by atoms with Crippen molar-refractivity contribution < 1.29 is 4.79 Å². The number of anilines is 1. The highest BCUT2D eigenvalue weighted by Crippen LogP contribution is 2.24. The van der Waals surface area contributed by atoms with Gasteiger partial charge in [0.25, 0.3) is 0 Å². The first kappa shape index (κ1) is 15.3. The van der Waals surface area contributed by atoms with E-state index in [2.05, 4.69) is 37.0 Å². The van der Waals surface area contributed by atoms with Gasteiger partial charge in [0.15, 0.2) is 5.78 Å². The maximum atomic E-state index is 12.4. The Morgan fingerprint density at radius 3 is 2.60 bits per heavy atom. The van der Waals surface area contributed by atoms with Gasteiger partial charge in [0, 0.05) is 22.8 Å². The minimum Gasteiger partial charge on any atom is -0.399 e. The van der Waals surface area contributed by atoms with Crippen molar-refractivity contribution in [1.29, 1.82) is 0 Å². The van der Waals surface area contributed by atoms with E-state index in [4.69, 9.17) is 5.73 Å². The van der Waals surface area contributed by atoms with E-state index >= 15 is 0 Å². The molecule has 0 aliphatic heterocycles. The Kier molecular flexibility index (Phi) is 4.65. The number of hydrogen-bond donors (Lipinski definition) is 1. The number of hydrogen-bond acceptors (Lipinski definition) is 3. The first-order valence-corrected chi connectivity index (χ1v) is 7.80. The zero-order valence-electron chi connectivity index (χ0n) is 11.3. The molecule has 6 heteroatoms. The highest BCUT2D eigenvalue weighted by molar-refractivity contribution is 9.10. The van der Waals surface area contributed by atoms with Crippen LogP contribution in [0.25, 0.3) is 0 Å². The molecule has 1 heterocycles. The maximum absolute atomic E-state index is 12.4. The minimum atomic E-state index is 0.0179. The maximum Gasteiger partial charge on any atom is 0.168 e. The third kappa shape index (κ3) is 3.12. The third-order valence-electron chi connectivity index (χ3n) is 3.07. The summed E-state index contributed by atoms with van der Waals surface area (Å²) in [6.45, 7) is 2.04. The molecule has 0 aliphatic carbocycles. The molecule has 1 aromatic carbocycles. The van der Waals surface area contributed by atoms with Crippen molar-refractivity contribution in [2.24, 2.45) is 7.05 Å². The summed E-state index contributed by atoms with van der Waals surface area (Å²) in [4.78, 5) is 12.4. The van der Waals surface area contributed by atoms with E-state index in [0.717, 1.165) is 26.8 Å². The van der Waals surface area contributed by atoms with Gasteiger partial charge < -0.3 is 5.73 Å². The number of benzene rings is 1. The number of nitrogen functional groups attached to an aromatic ring is 1. The molecule has 0 saturated heterocycles. The zero-order valence-corrected chi connectivity index (χ0v) is 14.5. The van der Waals surface area contributed by atoms with Gasteiger partial charge in [0.1, 0.15) is 0 Å². The van der Waals surface area contributed by atoms with Gasteiger partial charge in [-0.05, 0) is 40.5 Å². The fourth-order valence-corrected chi connectivity index (χ4v) is 3.31. The van der Waals surface area contributed by atoms with Gasteiger partial charge in [-0.2, -0.15) is 5.10 Å². The summed E-state index contributed by atoms with van der Waals surface area (Å²) in [5.74, 6) is 0.0179. The molecule has 2 N–H and O–H groups in total. The first-order chi connectivity index (χ1) is 9.42. The average Bonchev–Trinajstić information content (AvgIpc) is 2.65. The Labute approximate surface area is 134 Å². The third-order valence-corrected chi connectivity index (χ3v) is 4.45. The molecule has 0 fully saturated rings. The first-order valence-electron chi connectivity index (χ1n) is 6.22. The van der Waals surface area contributed by atoms with Crippen molar-refractivity contribution in [2.75, 3.05) is 5.73 Å². The molecule has 4 nitrogen and oxygen atoms in total. The Balaban J connectivity index is 2.30. The van der Waals surface area contributed by atoms with Crippen LogP contribution in [0.2, 0.25) is 0 Å². The van der Waals surface area contributed by atoms with E-state index in [1.807, 2.05) is 14.0 Å². The molecule has 1 aromatic heterocycles. The van der Waals surface area contributed by atoms with Crippen LogP contribution in [0.4, 0.5) is 5.69 Å². The SMILES string of the molecule is CCc1nn(C)c(CC(=O)c2cc(N)cc(Br)c2)c1Br. The van der Waals surface area contributed by atoms with Crippen LogP contribution in [0.1, 0.15) is 28.7 Å². The number of aryl methyl sites for hydroxylation is 2. The Morgan fingerprint density at radius 1 is 1.35 bits per heavy atom. The molecule has 0 amide bonds. The average molecular weight is 401 g/mol. The molecule has 0 aliphatic rings. The number of nitrogens with zero attached hydrogens (tertiary/aromatic N) is 2. The second-order valence-electron chi connectivity index (χ2n) is 4.56. The predicted molar refractivity (Wildman–Crippen MR) is 86.9 cm³/mol. The number of nitrogens with two attached hydrogens (primary N) is 1. The molecular weight excluding hydrogens is 386 g/mol. The summed E-state index contributed by atoms with van der Waals surface area (Å²) in [5.41, 5.74) is 8.78. The van der Waals surface area contributed by atoms with E-state index in [1.54, 1.807) is 22.9 Å². The lowest BCUT2D eigenvalue weighted by Crippen LogP contribution is -2.09. The number of carbonyl (C=O) groups excluding carboxylic acids is 1. The summed E-state index contributed by atoms with van der Waals surface area (Å²) in [6, 6.07) is 5.24.